The third-order valence-electron chi connectivity index (χ3n) is 3.07. The summed E-state index contributed by atoms with van der Waals surface area (Å²) in [6.07, 6.45) is 3.59. The van der Waals surface area contributed by atoms with Gasteiger partial charge in [-0.3, -0.25) is 4.79 Å². The molecule has 0 saturated heterocycles. The zero-order chi connectivity index (χ0) is 13.5. The Kier molecular flexibility index (Phi) is 6.36. The number of aryl methyl sites for hydroxylation is 2. The quantitative estimate of drug-likeness (QED) is 0.799. The van der Waals surface area contributed by atoms with Crippen molar-refractivity contribution in [2.45, 2.75) is 52.5 Å². The number of hydrogen-bond acceptors (Lipinski definition) is 3. The molecule has 3 nitrogen and oxygen atoms in total. The van der Waals surface area contributed by atoms with Crippen LogP contribution in [0.2, 0.25) is 0 Å². The summed E-state index contributed by atoms with van der Waals surface area (Å²) in [5.74, 6) is -0.00856. The molecule has 102 valence electrons. The van der Waals surface area contributed by atoms with E-state index in [1.807, 2.05) is 13.0 Å². The first-order valence-electron chi connectivity index (χ1n) is 6.63. The molecule has 1 unspecified atom stereocenters. The maximum absolute atomic E-state index is 12.1. The van der Waals surface area contributed by atoms with Gasteiger partial charge < -0.3 is 10.4 Å². The molecule has 18 heavy (non-hydrogen) atoms. The Hall–Kier alpha value is -0.870. The molecule has 0 aliphatic heterocycles. The summed E-state index contributed by atoms with van der Waals surface area (Å²) in [6, 6.07) is 2.07. The fraction of sp³-hybridized carbons (Fsp3) is 0.643. The van der Waals surface area contributed by atoms with E-state index >= 15 is 0 Å². The highest BCUT2D eigenvalue weighted by molar-refractivity contribution is 7.14. The van der Waals surface area contributed by atoms with Crippen LogP contribution < -0.4 is 5.32 Å². The predicted octanol–water partition coefficient (Wildman–Crippen LogP) is 2.90. The van der Waals surface area contributed by atoms with Crippen LogP contribution in [0.3, 0.4) is 0 Å². The van der Waals surface area contributed by atoms with E-state index in [0.29, 0.717) is 6.42 Å². The van der Waals surface area contributed by atoms with E-state index in [0.717, 1.165) is 24.1 Å². The summed E-state index contributed by atoms with van der Waals surface area (Å²) in [5.41, 5.74) is 1.28. The highest BCUT2D eigenvalue weighted by atomic mass is 32.1. The summed E-state index contributed by atoms with van der Waals surface area (Å²) in [4.78, 5) is 14.1. The number of thiophene rings is 1. The van der Waals surface area contributed by atoms with Crippen molar-refractivity contribution in [3.8, 4) is 0 Å². The average molecular weight is 269 g/mol. The maximum atomic E-state index is 12.1. The molecular formula is C14H23NO2S. The lowest BCUT2D eigenvalue weighted by Gasteiger charge is -2.14. The Morgan fingerprint density at radius 1 is 1.50 bits per heavy atom. The van der Waals surface area contributed by atoms with E-state index in [1.54, 1.807) is 11.3 Å². The van der Waals surface area contributed by atoms with Gasteiger partial charge in [0.2, 0.25) is 0 Å². The first kappa shape index (κ1) is 15.2. The molecule has 0 radical (unpaired) electrons. The molecule has 1 aromatic heterocycles. The van der Waals surface area contributed by atoms with E-state index in [1.165, 1.54) is 10.4 Å². The fourth-order valence-electron chi connectivity index (χ4n) is 1.94. The second-order valence-electron chi connectivity index (χ2n) is 4.53. The van der Waals surface area contributed by atoms with Crippen molar-refractivity contribution in [3.05, 3.63) is 21.4 Å². The van der Waals surface area contributed by atoms with Crippen LogP contribution in [-0.4, -0.2) is 23.7 Å². The van der Waals surface area contributed by atoms with Gasteiger partial charge in [-0.1, -0.05) is 20.3 Å². The molecule has 0 fully saturated rings. The van der Waals surface area contributed by atoms with Crippen molar-refractivity contribution in [2.75, 3.05) is 6.61 Å². The molecular weight excluding hydrogens is 246 g/mol. The smallest absolute Gasteiger partial charge is 0.261 e. The van der Waals surface area contributed by atoms with Crippen LogP contribution in [0.4, 0.5) is 0 Å². The molecule has 0 aliphatic rings. The summed E-state index contributed by atoms with van der Waals surface area (Å²) in [7, 11) is 0. The van der Waals surface area contributed by atoms with Crippen LogP contribution in [0, 0.1) is 6.92 Å². The largest absolute Gasteiger partial charge is 0.396 e. The van der Waals surface area contributed by atoms with E-state index < -0.39 is 0 Å². The van der Waals surface area contributed by atoms with Crippen LogP contribution in [-0.2, 0) is 6.42 Å². The lowest BCUT2D eigenvalue weighted by Crippen LogP contribution is -2.34. The van der Waals surface area contributed by atoms with Gasteiger partial charge in [0.05, 0.1) is 4.88 Å². The molecule has 0 spiro atoms. The Morgan fingerprint density at radius 2 is 2.22 bits per heavy atom. The van der Waals surface area contributed by atoms with Gasteiger partial charge in [-0.2, -0.15) is 0 Å². The van der Waals surface area contributed by atoms with E-state index in [-0.39, 0.29) is 18.6 Å². The monoisotopic (exact) mass is 269 g/mol. The first-order chi connectivity index (χ1) is 8.62. The highest BCUT2D eigenvalue weighted by Gasteiger charge is 2.15. The van der Waals surface area contributed by atoms with Crippen molar-refractivity contribution in [2.24, 2.45) is 0 Å². The standard InChI is InChI=1S/C14H23NO2S/c1-4-6-11-9-13(18-10(11)3)14(17)15-12(5-2)7-8-16/h9,12,16H,4-8H2,1-3H3,(H,15,17). The second-order valence-corrected chi connectivity index (χ2v) is 5.79. The molecule has 0 aliphatic carbocycles. The first-order valence-corrected chi connectivity index (χ1v) is 7.45. The molecule has 0 saturated carbocycles. The van der Waals surface area contributed by atoms with Crippen molar-refractivity contribution in [1.82, 2.24) is 5.32 Å². The summed E-state index contributed by atoms with van der Waals surface area (Å²) in [5, 5.41) is 11.9. The Bertz CT molecular complexity index is 387. The fourth-order valence-corrected chi connectivity index (χ4v) is 2.91. The predicted molar refractivity (Wildman–Crippen MR) is 76.3 cm³/mol. The van der Waals surface area contributed by atoms with Gasteiger partial charge >= 0.3 is 0 Å². The Labute approximate surface area is 113 Å². The third kappa shape index (κ3) is 4.10. The van der Waals surface area contributed by atoms with E-state index in [9.17, 15) is 4.79 Å². The number of amides is 1. The number of nitrogens with one attached hydrogen (secondary N) is 1. The number of hydrogen-bond donors (Lipinski definition) is 2. The van der Waals surface area contributed by atoms with E-state index in [4.69, 9.17) is 5.11 Å². The molecule has 1 amide bonds. The normalized spacial score (nSPS) is 12.4. The lowest BCUT2D eigenvalue weighted by atomic mass is 10.1. The number of aliphatic hydroxyl groups is 1. The van der Waals surface area contributed by atoms with Gasteiger partial charge in [-0.15, -0.1) is 11.3 Å². The summed E-state index contributed by atoms with van der Waals surface area (Å²) in [6.45, 7) is 6.34. The average Bonchev–Trinajstić information content (AvgIpc) is 2.71. The van der Waals surface area contributed by atoms with Crippen molar-refractivity contribution < 1.29 is 9.90 Å². The Balaban J connectivity index is 2.68. The number of carbonyl (C=O) groups is 1. The van der Waals surface area contributed by atoms with Crippen molar-refractivity contribution in [3.63, 3.8) is 0 Å². The highest BCUT2D eigenvalue weighted by Crippen LogP contribution is 2.23. The van der Waals surface area contributed by atoms with Gasteiger partial charge in [0, 0.05) is 17.5 Å². The summed E-state index contributed by atoms with van der Waals surface area (Å²) >= 11 is 1.56. The second kappa shape index (κ2) is 7.54. The van der Waals surface area contributed by atoms with Gasteiger partial charge in [-0.25, -0.2) is 0 Å². The molecule has 0 bridgehead atoms. The molecule has 1 heterocycles. The van der Waals surface area contributed by atoms with Crippen LogP contribution in [0.25, 0.3) is 0 Å². The lowest BCUT2D eigenvalue weighted by molar-refractivity contribution is 0.0933. The topological polar surface area (TPSA) is 49.3 Å². The van der Waals surface area contributed by atoms with Gasteiger partial charge in [0.1, 0.15) is 0 Å². The molecule has 1 rings (SSSR count). The number of carbonyl (C=O) groups excluding carboxylic acids is 1. The minimum absolute atomic E-state index is 0.00856. The summed E-state index contributed by atoms with van der Waals surface area (Å²) < 4.78 is 0. The van der Waals surface area contributed by atoms with E-state index in [2.05, 4.69) is 19.2 Å². The zero-order valence-corrected chi connectivity index (χ0v) is 12.3. The third-order valence-corrected chi connectivity index (χ3v) is 4.16. The minimum Gasteiger partial charge on any atom is -0.396 e. The number of rotatable bonds is 7. The van der Waals surface area contributed by atoms with Crippen LogP contribution >= 0.6 is 11.3 Å². The van der Waals surface area contributed by atoms with Gasteiger partial charge in [-0.05, 0) is 37.8 Å². The molecule has 1 atom stereocenters. The minimum atomic E-state index is -0.00856. The van der Waals surface area contributed by atoms with Crippen LogP contribution in [0.1, 0.15) is 53.2 Å². The Morgan fingerprint density at radius 3 is 2.78 bits per heavy atom. The van der Waals surface area contributed by atoms with Crippen molar-refractivity contribution in [1.29, 1.82) is 0 Å². The molecule has 2 N–H and O–H groups in total. The molecule has 1 aromatic rings. The van der Waals surface area contributed by atoms with Gasteiger partial charge in [0.15, 0.2) is 0 Å². The SMILES string of the molecule is CCCc1cc(C(=O)NC(CC)CCO)sc1C. The zero-order valence-electron chi connectivity index (χ0n) is 11.5. The van der Waals surface area contributed by atoms with Crippen molar-refractivity contribution >= 4 is 17.2 Å². The molecule has 4 heteroatoms. The van der Waals surface area contributed by atoms with Gasteiger partial charge in [0.25, 0.3) is 5.91 Å². The van der Waals surface area contributed by atoms with Crippen LogP contribution in [0.5, 0.6) is 0 Å². The maximum Gasteiger partial charge on any atom is 0.261 e. The number of aliphatic hydroxyl groups excluding tert-OH is 1. The molecule has 0 aromatic carbocycles. The van der Waals surface area contributed by atoms with Crippen LogP contribution in [0.15, 0.2) is 6.07 Å².